The molecule has 8 nitrogen and oxygen atoms in total. The standard InChI is InChI=1S/C14H11BrClN3O5S/c1-25(22,23)14-17-6-10(16)12(19-14)13(21)24-7-11(20)18-9-4-2-8(15)3-5-9/h2-6H,7H2,1H3,(H,18,20). The molecule has 0 saturated carbocycles. The van der Waals surface area contributed by atoms with Crippen molar-refractivity contribution < 1.29 is 22.7 Å². The molecule has 0 saturated heterocycles. The predicted octanol–water partition coefficient (Wildman–Crippen LogP) is 2.09. The van der Waals surface area contributed by atoms with E-state index < -0.39 is 39.2 Å². The van der Waals surface area contributed by atoms with Gasteiger partial charge in [0, 0.05) is 16.4 Å². The van der Waals surface area contributed by atoms with Crippen molar-refractivity contribution in [3.05, 3.63) is 45.7 Å². The third-order valence-corrected chi connectivity index (χ3v) is 4.37. The lowest BCUT2D eigenvalue weighted by atomic mass is 10.3. The van der Waals surface area contributed by atoms with E-state index in [0.717, 1.165) is 16.9 Å². The van der Waals surface area contributed by atoms with Crippen molar-refractivity contribution in [2.75, 3.05) is 18.2 Å². The second kappa shape index (κ2) is 7.89. The molecule has 0 spiro atoms. The van der Waals surface area contributed by atoms with Crippen molar-refractivity contribution >= 4 is 54.9 Å². The smallest absolute Gasteiger partial charge is 0.359 e. The highest BCUT2D eigenvalue weighted by molar-refractivity contribution is 9.10. The van der Waals surface area contributed by atoms with Gasteiger partial charge in [0.15, 0.2) is 12.3 Å². The molecule has 0 aliphatic rings. The Hall–Kier alpha value is -2.04. The molecule has 11 heteroatoms. The van der Waals surface area contributed by atoms with E-state index in [1.165, 1.54) is 0 Å². The van der Waals surface area contributed by atoms with Gasteiger partial charge < -0.3 is 10.1 Å². The number of nitrogens with zero attached hydrogens (tertiary/aromatic N) is 2. The van der Waals surface area contributed by atoms with Crippen LogP contribution in [-0.4, -0.2) is 43.1 Å². The molecule has 0 radical (unpaired) electrons. The number of rotatable bonds is 5. The lowest BCUT2D eigenvalue weighted by Gasteiger charge is -2.07. The van der Waals surface area contributed by atoms with Crippen LogP contribution in [0.15, 0.2) is 40.1 Å². The highest BCUT2D eigenvalue weighted by Gasteiger charge is 2.20. The Bertz CT molecular complexity index is 919. The van der Waals surface area contributed by atoms with E-state index in [1.807, 2.05) is 0 Å². The van der Waals surface area contributed by atoms with Gasteiger partial charge >= 0.3 is 5.97 Å². The Kier molecular flexibility index (Phi) is 6.09. The van der Waals surface area contributed by atoms with Gasteiger partial charge in [-0.25, -0.2) is 23.2 Å². The number of nitrogens with one attached hydrogen (secondary N) is 1. The van der Waals surface area contributed by atoms with Gasteiger partial charge in [-0.05, 0) is 24.3 Å². The molecule has 1 aromatic carbocycles. The van der Waals surface area contributed by atoms with Crippen LogP contribution in [0.3, 0.4) is 0 Å². The maximum absolute atomic E-state index is 12.0. The summed E-state index contributed by atoms with van der Waals surface area (Å²) in [5, 5.41) is 1.77. The summed E-state index contributed by atoms with van der Waals surface area (Å²) in [5.41, 5.74) is 0.0808. The minimum atomic E-state index is -3.72. The highest BCUT2D eigenvalue weighted by atomic mass is 79.9. The minimum Gasteiger partial charge on any atom is -0.451 e. The first-order valence-corrected chi connectivity index (χ1v) is 9.68. The fraction of sp³-hybridized carbons (Fsp3) is 0.143. The van der Waals surface area contributed by atoms with Gasteiger partial charge in [-0.1, -0.05) is 27.5 Å². The molecular formula is C14H11BrClN3O5S. The van der Waals surface area contributed by atoms with Crippen molar-refractivity contribution in [3.63, 3.8) is 0 Å². The van der Waals surface area contributed by atoms with Crippen LogP contribution in [0, 0.1) is 0 Å². The number of anilines is 1. The van der Waals surface area contributed by atoms with Crippen molar-refractivity contribution in [2.45, 2.75) is 5.16 Å². The Balaban J connectivity index is 2.02. The number of sulfone groups is 1. The van der Waals surface area contributed by atoms with Crippen molar-refractivity contribution in [3.8, 4) is 0 Å². The average Bonchev–Trinajstić information content (AvgIpc) is 2.54. The number of hydrogen-bond acceptors (Lipinski definition) is 7. The molecule has 0 atom stereocenters. The second-order valence-corrected chi connectivity index (χ2v) is 7.98. The molecule has 1 amide bonds. The molecule has 0 fully saturated rings. The zero-order chi connectivity index (χ0) is 18.6. The van der Waals surface area contributed by atoms with E-state index in [2.05, 4.69) is 31.2 Å². The molecule has 0 unspecified atom stereocenters. The molecule has 1 N–H and O–H groups in total. The molecule has 0 aliphatic carbocycles. The van der Waals surface area contributed by atoms with E-state index in [0.29, 0.717) is 5.69 Å². The zero-order valence-electron chi connectivity index (χ0n) is 12.7. The summed E-state index contributed by atoms with van der Waals surface area (Å²) in [7, 11) is -3.72. The predicted molar refractivity (Wildman–Crippen MR) is 93.2 cm³/mol. The van der Waals surface area contributed by atoms with Crippen LogP contribution in [0.5, 0.6) is 0 Å². The number of carbonyl (C=O) groups excluding carboxylic acids is 2. The number of halogens is 2. The maximum atomic E-state index is 12.0. The summed E-state index contributed by atoms with van der Waals surface area (Å²) in [6, 6.07) is 6.77. The number of aromatic nitrogens is 2. The highest BCUT2D eigenvalue weighted by Crippen LogP contribution is 2.16. The summed E-state index contributed by atoms with van der Waals surface area (Å²) in [6.07, 6.45) is 1.86. The van der Waals surface area contributed by atoms with Gasteiger partial charge in [-0.15, -0.1) is 0 Å². The van der Waals surface area contributed by atoms with E-state index in [1.54, 1.807) is 24.3 Å². The van der Waals surface area contributed by atoms with Crippen LogP contribution in [0.1, 0.15) is 10.5 Å². The second-order valence-electron chi connectivity index (χ2n) is 4.75. The van der Waals surface area contributed by atoms with E-state index in [9.17, 15) is 18.0 Å². The summed E-state index contributed by atoms with van der Waals surface area (Å²) < 4.78 is 28.5. The quantitative estimate of drug-likeness (QED) is 0.550. The molecule has 132 valence electrons. The number of ether oxygens (including phenoxy) is 1. The average molecular weight is 449 g/mol. The molecule has 1 heterocycles. The summed E-state index contributed by atoms with van der Waals surface area (Å²) in [5.74, 6) is -1.62. The first kappa shape index (κ1) is 19.3. The molecule has 1 aromatic heterocycles. The normalized spacial score (nSPS) is 11.0. The molecular weight excluding hydrogens is 438 g/mol. The van der Waals surface area contributed by atoms with E-state index >= 15 is 0 Å². The fourth-order valence-electron chi connectivity index (χ4n) is 1.60. The van der Waals surface area contributed by atoms with Gasteiger partial charge in [0.1, 0.15) is 0 Å². The summed E-state index contributed by atoms with van der Waals surface area (Å²) in [4.78, 5) is 30.9. The monoisotopic (exact) mass is 447 g/mol. The van der Waals surface area contributed by atoms with Crippen LogP contribution in [0.25, 0.3) is 0 Å². The van der Waals surface area contributed by atoms with Gasteiger partial charge in [-0.2, -0.15) is 0 Å². The molecule has 2 aromatic rings. The van der Waals surface area contributed by atoms with Crippen LogP contribution < -0.4 is 5.32 Å². The lowest BCUT2D eigenvalue weighted by Crippen LogP contribution is -2.22. The molecule has 2 rings (SSSR count). The Labute approximate surface area is 156 Å². The molecule has 0 aliphatic heterocycles. The van der Waals surface area contributed by atoms with Gasteiger partial charge in [0.05, 0.1) is 11.2 Å². The van der Waals surface area contributed by atoms with Gasteiger partial charge in [0.2, 0.25) is 15.0 Å². The lowest BCUT2D eigenvalue weighted by molar-refractivity contribution is -0.119. The van der Waals surface area contributed by atoms with Gasteiger partial charge in [0.25, 0.3) is 5.91 Å². The van der Waals surface area contributed by atoms with Crippen molar-refractivity contribution in [2.24, 2.45) is 0 Å². The van der Waals surface area contributed by atoms with Crippen molar-refractivity contribution in [1.29, 1.82) is 0 Å². The third kappa shape index (κ3) is 5.48. The van der Waals surface area contributed by atoms with E-state index in [-0.39, 0.29) is 5.02 Å². The summed E-state index contributed by atoms with van der Waals surface area (Å²) in [6.45, 7) is -0.594. The van der Waals surface area contributed by atoms with Gasteiger partial charge in [-0.3, -0.25) is 4.79 Å². The topological polar surface area (TPSA) is 115 Å². The fourth-order valence-corrected chi connectivity index (χ4v) is 2.54. The van der Waals surface area contributed by atoms with E-state index in [4.69, 9.17) is 16.3 Å². The largest absolute Gasteiger partial charge is 0.451 e. The Morgan fingerprint density at radius 1 is 1.28 bits per heavy atom. The maximum Gasteiger partial charge on any atom is 0.359 e. The minimum absolute atomic E-state index is 0.189. The Morgan fingerprint density at radius 3 is 2.52 bits per heavy atom. The first-order chi connectivity index (χ1) is 11.7. The molecule has 25 heavy (non-hydrogen) atoms. The van der Waals surface area contributed by atoms with Crippen molar-refractivity contribution in [1.82, 2.24) is 9.97 Å². The number of hydrogen-bond donors (Lipinski definition) is 1. The van der Waals surface area contributed by atoms with Crippen LogP contribution in [0.4, 0.5) is 5.69 Å². The number of esters is 1. The SMILES string of the molecule is CS(=O)(=O)c1ncc(Cl)c(C(=O)OCC(=O)Nc2ccc(Br)cc2)n1. The van der Waals surface area contributed by atoms with Crippen LogP contribution in [-0.2, 0) is 19.4 Å². The van der Waals surface area contributed by atoms with Crippen LogP contribution in [0.2, 0.25) is 5.02 Å². The first-order valence-electron chi connectivity index (χ1n) is 6.62. The molecule has 0 bridgehead atoms. The number of amides is 1. The van der Waals surface area contributed by atoms with Crippen LogP contribution >= 0.6 is 27.5 Å². The Morgan fingerprint density at radius 2 is 1.92 bits per heavy atom. The number of benzene rings is 1. The zero-order valence-corrected chi connectivity index (χ0v) is 15.9. The summed E-state index contributed by atoms with van der Waals surface area (Å²) >= 11 is 9.04. The third-order valence-electron chi connectivity index (χ3n) is 2.71. The number of carbonyl (C=O) groups is 2.